The Morgan fingerprint density at radius 1 is 1.21 bits per heavy atom. The van der Waals surface area contributed by atoms with E-state index >= 15 is 0 Å². The summed E-state index contributed by atoms with van der Waals surface area (Å²) in [6, 6.07) is 7.45. The van der Waals surface area contributed by atoms with Crippen molar-refractivity contribution in [2.24, 2.45) is 0 Å². The Hall–Kier alpha value is -2.31. The predicted octanol–water partition coefficient (Wildman–Crippen LogP) is 4.32. The fraction of sp³-hybridized carbons (Fsp3) is 0.188. The Morgan fingerprint density at radius 2 is 1.88 bits per heavy atom. The molecule has 0 aromatic heterocycles. The summed E-state index contributed by atoms with van der Waals surface area (Å²) < 4.78 is 5.69. The van der Waals surface area contributed by atoms with Crippen LogP contribution in [0.15, 0.2) is 30.3 Å². The van der Waals surface area contributed by atoms with Crippen LogP contribution in [0.2, 0.25) is 10.0 Å². The van der Waals surface area contributed by atoms with Gasteiger partial charge in [0.2, 0.25) is 0 Å². The predicted molar refractivity (Wildman–Crippen MR) is 90.3 cm³/mol. The van der Waals surface area contributed by atoms with Crippen LogP contribution in [0.3, 0.4) is 0 Å². The second-order valence-electron chi connectivity index (χ2n) is 5.39. The number of hydrogen-bond acceptors (Lipinski definition) is 4. The first-order valence-corrected chi connectivity index (χ1v) is 7.82. The van der Waals surface area contributed by atoms with E-state index in [2.05, 4.69) is 0 Å². The van der Waals surface area contributed by atoms with Crippen LogP contribution in [-0.2, 0) is 6.42 Å². The average molecular weight is 367 g/mol. The van der Waals surface area contributed by atoms with Gasteiger partial charge in [0, 0.05) is 31.3 Å². The van der Waals surface area contributed by atoms with Crippen LogP contribution >= 0.6 is 23.2 Å². The van der Waals surface area contributed by atoms with Gasteiger partial charge >= 0.3 is 0 Å². The molecule has 8 heteroatoms. The minimum Gasteiger partial charge on any atom is -0.454 e. The van der Waals surface area contributed by atoms with Gasteiger partial charge in [0.1, 0.15) is 5.75 Å². The topological polar surface area (TPSA) is 72.7 Å². The maximum Gasteiger partial charge on any atom is 0.272 e. The van der Waals surface area contributed by atoms with Crippen LogP contribution in [0.1, 0.15) is 15.9 Å². The highest BCUT2D eigenvalue weighted by molar-refractivity contribution is 6.37. The summed E-state index contributed by atoms with van der Waals surface area (Å²) in [6.07, 6.45) is 0.719. The molecule has 1 heterocycles. The van der Waals surface area contributed by atoms with Crippen molar-refractivity contribution in [1.82, 2.24) is 4.90 Å². The van der Waals surface area contributed by atoms with Crippen molar-refractivity contribution in [2.45, 2.75) is 6.42 Å². The maximum atomic E-state index is 12.1. The zero-order chi connectivity index (χ0) is 17.4. The average Bonchev–Trinajstić information content (AvgIpc) is 2.54. The summed E-state index contributed by atoms with van der Waals surface area (Å²) in [6.45, 7) is 0.633. The molecule has 2 aromatic rings. The number of rotatable bonds is 3. The zero-order valence-corrected chi connectivity index (χ0v) is 14.1. The molecule has 0 aliphatic carbocycles. The monoisotopic (exact) mass is 366 g/mol. The number of amides is 1. The Morgan fingerprint density at radius 3 is 2.50 bits per heavy atom. The lowest BCUT2D eigenvalue weighted by Crippen LogP contribution is -2.34. The molecule has 2 aromatic carbocycles. The molecule has 0 spiro atoms. The number of fused-ring (bicyclic) bond motifs is 1. The molecule has 1 aliphatic rings. The molecule has 1 aliphatic heterocycles. The summed E-state index contributed by atoms with van der Waals surface area (Å²) in [4.78, 5) is 24.0. The summed E-state index contributed by atoms with van der Waals surface area (Å²) in [5, 5.41) is 10.9. The van der Waals surface area contributed by atoms with Gasteiger partial charge in [-0.2, -0.15) is 0 Å². The number of non-ortho nitro benzene ring substituents is 1. The standard InChI is InChI=1S/C16H12Cl2N2O4/c1-19-5-4-9-6-11(2-3-12(9)16(19)21)24-15-13(17)7-10(20(22)23)8-14(15)18/h2-3,6-8H,4-5H2,1H3. The number of nitro groups is 1. The number of benzene rings is 2. The molecule has 0 saturated carbocycles. The Kier molecular flexibility index (Phi) is 4.34. The molecule has 0 N–H and O–H groups in total. The van der Waals surface area contributed by atoms with Crippen LogP contribution in [-0.4, -0.2) is 29.3 Å². The third-order valence-corrected chi connectivity index (χ3v) is 4.35. The normalized spacial score (nSPS) is 13.6. The Balaban J connectivity index is 1.93. The van der Waals surface area contributed by atoms with Gasteiger partial charge in [-0.15, -0.1) is 0 Å². The fourth-order valence-electron chi connectivity index (χ4n) is 2.51. The molecule has 0 atom stereocenters. The van der Waals surface area contributed by atoms with E-state index in [1.165, 1.54) is 12.1 Å². The molecule has 6 nitrogen and oxygen atoms in total. The molecular weight excluding hydrogens is 355 g/mol. The van der Waals surface area contributed by atoms with Crippen molar-refractivity contribution in [3.8, 4) is 11.5 Å². The van der Waals surface area contributed by atoms with Gasteiger partial charge in [0.25, 0.3) is 11.6 Å². The van der Waals surface area contributed by atoms with Crippen LogP contribution in [0.4, 0.5) is 5.69 Å². The third kappa shape index (κ3) is 3.02. The van der Waals surface area contributed by atoms with E-state index in [0.717, 1.165) is 12.0 Å². The van der Waals surface area contributed by atoms with Crippen molar-refractivity contribution in [3.63, 3.8) is 0 Å². The van der Waals surface area contributed by atoms with Crippen molar-refractivity contribution < 1.29 is 14.5 Å². The van der Waals surface area contributed by atoms with Gasteiger partial charge in [0.05, 0.1) is 15.0 Å². The molecule has 0 saturated heterocycles. The quantitative estimate of drug-likeness (QED) is 0.598. The lowest BCUT2D eigenvalue weighted by Gasteiger charge is -2.25. The SMILES string of the molecule is CN1CCc2cc(Oc3c(Cl)cc([N+](=O)[O-])cc3Cl)ccc2C1=O. The van der Waals surface area contributed by atoms with Gasteiger partial charge in [-0.1, -0.05) is 23.2 Å². The largest absolute Gasteiger partial charge is 0.454 e. The number of carbonyl (C=O) groups excluding carboxylic acids is 1. The first kappa shape index (κ1) is 16.5. The number of ether oxygens (including phenoxy) is 1. The van der Waals surface area contributed by atoms with Gasteiger partial charge in [-0.25, -0.2) is 0 Å². The van der Waals surface area contributed by atoms with Gasteiger partial charge in [-0.05, 0) is 30.2 Å². The lowest BCUT2D eigenvalue weighted by atomic mass is 9.99. The summed E-state index contributed by atoms with van der Waals surface area (Å²) in [7, 11) is 1.76. The Labute approximate surface area is 147 Å². The van der Waals surface area contributed by atoms with E-state index in [1.54, 1.807) is 30.1 Å². The number of nitrogens with zero attached hydrogens (tertiary/aromatic N) is 2. The van der Waals surface area contributed by atoms with E-state index in [0.29, 0.717) is 17.9 Å². The molecule has 124 valence electrons. The number of likely N-dealkylation sites (N-methyl/N-ethyl adjacent to an activating group) is 1. The van der Waals surface area contributed by atoms with Crippen LogP contribution in [0.5, 0.6) is 11.5 Å². The van der Waals surface area contributed by atoms with Crippen LogP contribution in [0.25, 0.3) is 0 Å². The van der Waals surface area contributed by atoms with E-state index in [1.807, 2.05) is 0 Å². The first-order valence-electron chi connectivity index (χ1n) is 7.06. The van der Waals surface area contributed by atoms with Crippen LogP contribution < -0.4 is 4.74 Å². The summed E-state index contributed by atoms with van der Waals surface area (Å²) in [5.41, 5.74) is 1.30. The molecule has 0 radical (unpaired) electrons. The van der Waals surface area contributed by atoms with Gasteiger partial charge in [-0.3, -0.25) is 14.9 Å². The van der Waals surface area contributed by atoms with Crippen molar-refractivity contribution >= 4 is 34.8 Å². The second-order valence-corrected chi connectivity index (χ2v) is 6.21. The summed E-state index contributed by atoms with van der Waals surface area (Å²) in [5.74, 6) is 0.570. The maximum absolute atomic E-state index is 12.1. The lowest BCUT2D eigenvalue weighted by molar-refractivity contribution is -0.384. The second kappa shape index (κ2) is 6.30. The molecule has 3 rings (SSSR count). The zero-order valence-electron chi connectivity index (χ0n) is 12.6. The number of nitro benzene ring substituents is 1. The fourth-order valence-corrected chi connectivity index (χ4v) is 3.06. The highest BCUT2D eigenvalue weighted by atomic mass is 35.5. The van der Waals surface area contributed by atoms with E-state index in [9.17, 15) is 14.9 Å². The minimum atomic E-state index is -0.581. The van der Waals surface area contributed by atoms with Crippen LogP contribution in [0, 0.1) is 10.1 Å². The first-order chi connectivity index (χ1) is 11.4. The molecule has 0 unspecified atom stereocenters. The molecular formula is C16H12Cl2N2O4. The number of hydrogen-bond donors (Lipinski definition) is 0. The Bertz CT molecular complexity index is 831. The van der Waals surface area contributed by atoms with Crippen molar-refractivity contribution in [3.05, 3.63) is 61.6 Å². The number of carbonyl (C=O) groups is 1. The molecule has 1 amide bonds. The highest BCUT2D eigenvalue weighted by Gasteiger charge is 2.22. The van der Waals surface area contributed by atoms with E-state index in [4.69, 9.17) is 27.9 Å². The molecule has 0 bridgehead atoms. The smallest absolute Gasteiger partial charge is 0.272 e. The van der Waals surface area contributed by atoms with E-state index in [-0.39, 0.29) is 27.4 Å². The summed E-state index contributed by atoms with van der Waals surface area (Å²) >= 11 is 12.1. The molecule has 24 heavy (non-hydrogen) atoms. The minimum absolute atomic E-state index is 0.0331. The van der Waals surface area contributed by atoms with Crippen molar-refractivity contribution in [1.29, 1.82) is 0 Å². The number of halogens is 2. The third-order valence-electron chi connectivity index (χ3n) is 3.78. The van der Waals surface area contributed by atoms with E-state index < -0.39 is 4.92 Å². The molecule has 0 fully saturated rings. The van der Waals surface area contributed by atoms with Crippen molar-refractivity contribution in [2.75, 3.05) is 13.6 Å². The van der Waals surface area contributed by atoms with Gasteiger partial charge in [0.15, 0.2) is 5.75 Å². The highest BCUT2D eigenvalue weighted by Crippen LogP contribution is 2.39. The van der Waals surface area contributed by atoms with Gasteiger partial charge < -0.3 is 9.64 Å².